The van der Waals surface area contributed by atoms with Crippen LogP contribution in [-0.4, -0.2) is 4.98 Å². The van der Waals surface area contributed by atoms with Crippen molar-refractivity contribution >= 4 is 45.5 Å². The molecule has 0 unspecified atom stereocenters. The maximum atomic E-state index is 5.75. The molecular formula is C11H10IN5. The van der Waals surface area contributed by atoms with Gasteiger partial charge in [0.1, 0.15) is 5.69 Å². The van der Waals surface area contributed by atoms with Crippen LogP contribution in [-0.2, 0) is 0 Å². The Morgan fingerprint density at radius 1 is 1.06 bits per heavy atom. The van der Waals surface area contributed by atoms with Crippen molar-refractivity contribution in [3.63, 3.8) is 0 Å². The molecule has 0 radical (unpaired) electrons. The third-order valence-corrected chi connectivity index (χ3v) is 2.66. The molecule has 0 bridgehead atoms. The molecule has 5 nitrogen and oxygen atoms in total. The summed E-state index contributed by atoms with van der Waals surface area (Å²) < 4.78 is 1.05. The van der Waals surface area contributed by atoms with Gasteiger partial charge in [-0.3, -0.25) is 0 Å². The van der Waals surface area contributed by atoms with Crippen LogP contribution < -0.4 is 11.5 Å². The zero-order valence-corrected chi connectivity index (χ0v) is 11.0. The van der Waals surface area contributed by atoms with E-state index in [1.807, 2.05) is 6.07 Å². The van der Waals surface area contributed by atoms with Crippen molar-refractivity contribution in [3.05, 3.63) is 40.1 Å². The Hall–Kier alpha value is -1.70. The van der Waals surface area contributed by atoms with Gasteiger partial charge in [-0.25, -0.2) is 4.98 Å². The predicted molar refractivity (Wildman–Crippen MR) is 76.4 cm³/mol. The Bertz CT molecular complexity index is 550. The smallest absolute Gasteiger partial charge is 0.174 e. The van der Waals surface area contributed by atoms with Gasteiger partial charge in [0.15, 0.2) is 5.82 Å². The van der Waals surface area contributed by atoms with Crippen LogP contribution in [0.2, 0.25) is 0 Å². The minimum atomic E-state index is 0.499. The van der Waals surface area contributed by atoms with Crippen molar-refractivity contribution in [2.24, 2.45) is 10.2 Å². The van der Waals surface area contributed by atoms with E-state index in [1.54, 1.807) is 30.5 Å². The molecule has 2 rings (SSSR count). The van der Waals surface area contributed by atoms with E-state index in [1.165, 1.54) is 0 Å². The number of nitrogens with two attached hydrogens (primary N) is 2. The SMILES string of the molecule is Nc1ccc(N=Nc2ccc(I)cn2)c(N)c1. The number of azo groups is 1. The van der Waals surface area contributed by atoms with Crippen LogP contribution in [0.25, 0.3) is 0 Å². The summed E-state index contributed by atoms with van der Waals surface area (Å²) in [6, 6.07) is 8.80. The highest BCUT2D eigenvalue weighted by Gasteiger charge is 1.98. The first kappa shape index (κ1) is 11.8. The van der Waals surface area contributed by atoms with E-state index < -0.39 is 0 Å². The van der Waals surface area contributed by atoms with Crippen LogP contribution >= 0.6 is 22.6 Å². The lowest BCUT2D eigenvalue weighted by Gasteiger charge is -1.99. The minimum absolute atomic E-state index is 0.499. The van der Waals surface area contributed by atoms with E-state index in [0.29, 0.717) is 22.9 Å². The molecule has 0 fully saturated rings. The molecule has 1 heterocycles. The summed E-state index contributed by atoms with van der Waals surface area (Å²) in [5, 5.41) is 8.02. The number of rotatable bonds is 2. The van der Waals surface area contributed by atoms with Crippen LogP contribution in [0.3, 0.4) is 0 Å². The fourth-order valence-electron chi connectivity index (χ4n) is 1.20. The van der Waals surface area contributed by atoms with Gasteiger partial charge in [-0.05, 0) is 52.9 Å². The van der Waals surface area contributed by atoms with Crippen LogP contribution in [0.15, 0.2) is 46.8 Å². The van der Waals surface area contributed by atoms with Gasteiger partial charge in [-0.15, -0.1) is 10.2 Å². The number of halogens is 1. The van der Waals surface area contributed by atoms with E-state index in [0.717, 1.165) is 3.57 Å². The standard InChI is InChI=1S/C11H10IN5/c12-7-1-4-11(15-6-7)17-16-10-3-2-8(13)5-9(10)14/h1-6H,13-14H2. The molecule has 1 aromatic heterocycles. The quantitative estimate of drug-likeness (QED) is 0.500. The van der Waals surface area contributed by atoms with E-state index in [9.17, 15) is 0 Å². The topological polar surface area (TPSA) is 89.6 Å². The molecule has 0 aliphatic rings. The maximum absolute atomic E-state index is 5.75. The Kier molecular flexibility index (Phi) is 3.52. The normalized spacial score (nSPS) is 10.9. The number of nitrogen functional groups attached to an aromatic ring is 2. The fourth-order valence-corrected chi connectivity index (χ4v) is 1.52. The van der Waals surface area contributed by atoms with E-state index in [-0.39, 0.29) is 0 Å². The summed E-state index contributed by atoms with van der Waals surface area (Å²) in [6.45, 7) is 0. The second kappa shape index (κ2) is 5.09. The Labute approximate surface area is 112 Å². The van der Waals surface area contributed by atoms with Crippen LogP contribution in [0.4, 0.5) is 22.9 Å². The molecule has 0 atom stereocenters. The van der Waals surface area contributed by atoms with Crippen molar-refractivity contribution in [1.82, 2.24) is 4.98 Å². The van der Waals surface area contributed by atoms with E-state index in [4.69, 9.17) is 11.5 Å². The van der Waals surface area contributed by atoms with Crippen LogP contribution in [0.1, 0.15) is 0 Å². The van der Waals surface area contributed by atoms with Gasteiger partial charge in [0.05, 0.1) is 5.69 Å². The van der Waals surface area contributed by atoms with E-state index in [2.05, 4.69) is 37.8 Å². The number of hydrogen-bond acceptors (Lipinski definition) is 5. The fraction of sp³-hybridized carbons (Fsp3) is 0. The number of aromatic nitrogens is 1. The lowest BCUT2D eigenvalue weighted by molar-refractivity contribution is 1.15. The number of hydrogen-bond donors (Lipinski definition) is 2. The van der Waals surface area contributed by atoms with Gasteiger partial charge in [0.25, 0.3) is 0 Å². The van der Waals surface area contributed by atoms with Crippen LogP contribution in [0.5, 0.6) is 0 Å². The van der Waals surface area contributed by atoms with Crippen molar-refractivity contribution in [1.29, 1.82) is 0 Å². The zero-order valence-electron chi connectivity index (χ0n) is 8.84. The van der Waals surface area contributed by atoms with Gasteiger partial charge >= 0.3 is 0 Å². The molecular weight excluding hydrogens is 329 g/mol. The molecule has 0 aliphatic carbocycles. The average Bonchev–Trinajstić information content (AvgIpc) is 2.30. The highest BCUT2D eigenvalue weighted by Crippen LogP contribution is 2.25. The van der Waals surface area contributed by atoms with Gasteiger partial charge in [-0.1, -0.05) is 0 Å². The molecule has 0 spiro atoms. The molecule has 0 saturated heterocycles. The van der Waals surface area contributed by atoms with Gasteiger partial charge in [-0.2, -0.15) is 0 Å². The Balaban J connectivity index is 2.23. The third kappa shape index (κ3) is 3.13. The molecule has 0 saturated carbocycles. The highest BCUT2D eigenvalue weighted by atomic mass is 127. The summed E-state index contributed by atoms with van der Waals surface area (Å²) in [5.74, 6) is 0.543. The summed E-state index contributed by atoms with van der Waals surface area (Å²) in [4.78, 5) is 4.11. The van der Waals surface area contributed by atoms with Gasteiger partial charge in [0, 0.05) is 15.5 Å². The predicted octanol–water partition coefficient (Wildman–Crippen LogP) is 3.27. The molecule has 86 valence electrons. The first-order valence-electron chi connectivity index (χ1n) is 4.83. The third-order valence-electron chi connectivity index (χ3n) is 2.02. The number of benzene rings is 1. The second-order valence-electron chi connectivity index (χ2n) is 3.35. The summed E-state index contributed by atoms with van der Waals surface area (Å²) >= 11 is 2.18. The van der Waals surface area contributed by atoms with Crippen molar-refractivity contribution < 1.29 is 0 Å². The summed E-state index contributed by atoms with van der Waals surface area (Å²) in [6.07, 6.45) is 1.72. The zero-order chi connectivity index (χ0) is 12.3. The minimum Gasteiger partial charge on any atom is -0.399 e. The molecule has 0 amide bonds. The largest absolute Gasteiger partial charge is 0.399 e. The van der Waals surface area contributed by atoms with Crippen molar-refractivity contribution in [2.45, 2.75) is 0 Å². The maximum Gasteiger partial charge on any atom is 0.174 e. The molecule has 6 heteroatoms. The van der Waals surface area contributed by atoms with Gasteiger partial charge in [0.2, 0.25) is 0 Å². The van der Waals surface area contributed by atoms with Crippen molar-refractivity contribution in [2.75, 3.05) is 11.5 Å². The highest BCUT2D eigenvalue weighted by molar-refractivity contribution is 14.1. The monoisotopic (exact) mass is 339 g/mol. The van der Waals surface area contributed by atoms with Crippen LogP contribution in [0, 0.1) is 3.57 Å². The molecule has 0 aliphatic heterocycles. The average molecular weight is 339 g/mol. The van der Waals surface area contributed by atoms with Crippen molar-refractivity contribution in [3.8, 4) is 0 Å². The second-order valence-corrected chi connectivity index (χ2v) is 4.60. The first-order chi connectivity index (χ1) is 8.15. The lowest BCUT2D eigenvalue weighted by Crippen LogP contribution is -1.89. The Morgan fingerprint density at radius 3 is 2.53 bits per heavy atom. The summed E-state index contributed by atoms with van der Waals surface area (Å²) in [7, 11) is 0. The molecule has 1 aromatic carbocycles. The Morgan fingerprint density at radius 2 is 1.88 bits per heavy atom. The van der Waals surface area contributed by atoms with Gasteiger partial charge < -0.3 is 11.5 Å². The van der Waals surface area contributed by atoms with E-state index >= 15 is 0 Å². The number of nitrogens with zero attached hydrogens (tertiary/aromatic N) is 3. The number of anilines is 2. The molecule has 2 aromatic rings. The lowest BCUT2D eigenvalue weighted by atomic mass is 10.2. The molecule has 4 N–H and O–H groups in total. The molecule has 17 heavy (non-hydrogen) atoms. The number of pyridine rings is 1. The first-order valence-corrected chi connectivity index (χ1v) is 5.91. The summed E-state index contributed by atoms with van der Waals surface area (Å²) in [5.41, 5.74) is 13.0.